The minimum absolute atomic E-state index is 0.186. The molecule has 0 fully saturated rings. The predicted octanol–water partition coefficient (Wildman–Crippen LogP) is 1.91. The van der Waals surface area contributed by atoms with Crippen LogP contribution in [-0.2, 0) is 13.5 Å². The number of hydrogen-bond acceptors (Lipinski definition) is 2. The van der Waals surface area contributed by atoms with Gasteiger partial charge in [-0.3, -0.25) is 4.68 Å². The third-order valence-electron chi connectivity index (χ3n) is 2.69. The molecule has 1 aromatic rings. The standard InChI is InChI=1S/C10H18ClN3/c1-6(7(2)12)5-9-8(3)13-14(4)10(9)11/h6-7H,5,12H2,1-4H3. The number of hydrogen-bond donors (Lipinski definition) is 1. The minimum atomic E-state index is 0.186. The Bertz CT molecular complexity index is 317. The molecule has 1 aromatic heterocycles. The van der Waals surface area contributed by atoms with Crippen LogP contribution in [0.15, 0.2) is 0 Å². The molecule has 3 nitrogen and oxygen atoms in total. The summed E-state index contributed by atoms with van der Waals surface area (Å²) in [5.74, 6) is 0.426. The first-order valence-electron chi connectivity index (χ1n) is 4.87. The van der Waals surface area contributed by atoms with Gasteiger partial charge in [0, 0.05) is 18.7 Å². The first kappa shape index (κ1) is 11.5. The van der Waals surface area contributed by atoms with E-state index >= 15 is 0 Å². The van der Waals surface area contributed by atoms with Crippen molar-refractivity contribution < 1.29 is 0 Å². The highest BCUT2D eigenvalue weighted by Crippen LogP contribution is 2.22. The lowest BCUT2D eigenvalue weighted by Crippen LogP contribution is -2.25. The number of nitrogens with zero attached hydrogens (tertiary/aromatic N) is 2. The molecule has 0 radical (unpaired) electrons. The van der Waals surface area contributed by atoms with Crippen LogP contribution >= 0.6 is 11.6 Å². The summed E-state index contributed by atoms with van der Waals surface area (Å²) in [5, 5.41) is 5.00. The van der Waals surface area contributed by atoms with Crippen LogP contribution in [0.2, 0.25) is 5.15 Å². The molecule has 1 rings (SSSR count). The molecule has 0 spiro atoms. The molecular weight excluding hydrogens is 198 g/mol. The Hall–Kier alpha value is -0.540. The molecule has 0 bridgehead atoms. The molecule has 0 aliphatic rings. The Morgan fingerprint density at radius 1 is 1.50 bits per heavy atom. The fourth-order valence-corrected chi connectivity index (χ4v) is 1.67. The van der Waals surface area contributed by atoms with Crippen LogP contribution in [0, 0.1) is 12.8 Å². The van der Waals surface area contributed by atoms with E-state index in [4.69, 9.17) is 17.3 Å². The molecule has 0 amide bonds. The molecule has 0 aliphatic heterocycles. The fraction of sp³-hybridized carbons (Fsp3) is 0.700. The van der Waals surface area contributed by atoms with E-state index in [1.807, 2.05) is 20.9 Å². The normalized spacial score (nSPS) is 15.6. The predicted molar refractivity (Wildman–Crippen MR) is 59.5 cm³/mol. The number of halogens is 1. The first-order valence-corrected chi connectivity index (χ1v) is 5.24. The maximum Gasteiger partial charge on any atom is 0.130 e. The van der Waals surface area contributed by atoms with E-state index in [1.54, 1.807) is 4.68 Å². The highest BCUT2D eigenvalue weighted by Gasteiger charge is 2.16. The van der Waals surface area contributed by atoms with Crippen LogP contribution in [0.5, 0.6) is 0 Å². The van der Waals surface area contributed by atoms with Gasteiger partial charge < -0.3 is 5.73 Å². The van der Waals surface area contributed by atoms with Crippen molar-refractivity contribution in [2.24, 2.45) is 18.7 Å². The Morgan fingerprint density at radius 2 is 2.07 bits per heavy atom. The van der Waals surface area contributed by atoms with Gasteiger partial charge in [-0.05, 0) is 26.2 Å². The second-order valence-corrected chi connectivity index (χ2v) is 4.38. The van der Waals surface area contributed by atoms with Crippen molar-refractivity contribution >= 4 is 11.6 Å². The van der Waals surface area contributed by atoms with Crippen LogP contribution in [-0.4, -0.2) is 15.8 Å². The number of rotatable bonds is 3. The summed E-state index contributed by atoms with van der Waals surface area (Å²) in [7, 11) is 1.86. The highest BCUT2D eigenvalue weighted by atomic mass is 35.5. The molecule has 0 aromatic carbocycles. The maximum absolute atomic E-state index is 6.12. The summed E-state index contributed by atoms with van der Waals surface area (Å²) in [4.78, 5) is 0. The third kappa shape index (κ3) is 2.28. The summed E-state index contributed by atoms with van der Waals surface area (Å²) < 4.78 is 1.71. The van der Waals surface area contributed by atoms with E-state index in [1.165, 1.54) is 0 Å². The summed E-state index contributed by atoms with van der Waals surface area (Å²) in [6, 6.07) is 0.186. The fourth-order valence-electron chi connectivity index (χ4n) is 1.41. The van der Waals surface area contributed by atoms with Crippen molar-refractivity contribution in [3.05, 3.63) is 16.4 Å². The van der Waals surface area contributed by atoms with Gasteiger partial charge in [-0.25, -0.2) is 0 Å². The molecule has 2 N–H and O–H groups in total. The van der Waals surface area contributed by atoms with Crippen LogP contribution in [0.3, 0.4) is 0 Å². The van der Waals surface area contributed by atoms with Gasteiger partial charge in [0.15, 0.2) is 0 Å². The van der Waals surface area contributed by atoms with E-state index in [0.717, 1.165) is 22.8 Å². The van der Waals surface area contributed by atoms with Gasteiger partial charge in [-0.2, -0.15) is 5.10 Å². The van der Waals surface area contributed by atoms with Crippen LogP contribution < -0.4 is 5.73 Å². The Kier molecular flexibility index (Phi) is 3.56. The smallest absolute Gasteiger partial charge is 0.130 e. The van der Waals surface area contributed by atoms with Crippen LogP contribution in [0.1, 0.15) is 25.1 Å². The molecule has 0 saturated heterocycles. The van der Waals surface area contributed by atoms with E-state index in [2.05, 4.69) is 12.0 Å². The van der Waals surface area contributed by atoms with Gasteiger partial charge in [-0.1, -0.05) is 18.5 Å². The molecule has 2 unspecified atom stereocenters. The van der Waals surface area contributed by atoms with Gasteiger partial charge in [0.2, 0.25) is 0 Å². The molecule has 80 valence electrons. The lowest BCUT2D eigenvalue weighted by Gasteiger charge is -2.14. The van der Waals surface area contributed by atoms with Crippen molar-refractivity contribution in [1.29, 1.82) is 0 Å². The monoisotopic (exact) mass is 215 g/mol. The van der Waals surface area contributed by atoms with Crippen LogP contribution in [0.4, 0.5) is 0 Å². The summed E-state index contributed by atoms with van der Waals surface area (Å²) in [6.45, 7) is 6.13. The van der Waals surface area contributed by atoms with Gasteiger partial charge >= 0.3 is 0 Å². The number of aryl methyl sites for hydroxylation is 2. The third-order valence-corrected chi connectivity index (χ3v) is 3.17. The zero-order chi connectivity index (χ0) is 10.9. The van der Waals surface area contributed by atoms with Crippen molar-refractivity contribution in [2.75, 3.05) is 0 Å². The molecule has 14 heavy (non-hydrogen) atoms. The number of aromatic nitrogens is 2. The summed E-state index contributed by atoms with van der Waals surface area (Å²) in [5.41, 5.74) is 7.95. The largest absolute Gasteiger partial charge is 0.328 e. The van der Waals surface area contributed by atoms with Crippen molar-refractivity contribution in [3.63, 3.8) is 0 Å². The SMILES string of the molecule is Cc1nn(C)c(Cl)c1CC(C)C(C)N. The summed E-state index contributed by atoms with van der Waals surface area (Å²) >= 11 is 6.12. The zero-order valence-electron chi connectivity index (χ0n) is 9.21. The summed E-state index contributed by atoms with van der Waals surface area (Å²) in [6.07, 6.45) is 0.899. The second kappa shape index (κ2) is 4.32. The van der Waals surface area contributed by atoms with E-state index < -0.39 is 0 Å². The van der Waals surface area contributed by atoms with E-state index in [-0.39, 0.29) is 6.04 Å². The van der Waals surface area contributed by atoms with Crippen molar-refractivity contribution in [1.82, 2.24) is 9.78 Å². The van der Waals surface area contributed by atoms with E-state index in [0.29, 0.717) is 5.92 Å². The van der Waals surface area contributed by atoms with Gasteiger partial charge in [-0.15, -0.1) is 0 Å². The lowest BCUT2D eigenvalue weighted by molar-refractivity contribution is 0.481. The molecule has 0 saturated carbocycles. The molecule has 1 heterocycles. The minimum Gasteiger partial charge on any atom is -0.328 e. The Balaban J connectivity index is 2.86. The topological polar surface area (TPSA) is 43.8 Å². The molecule has 0 aliphatic carbocycles. The van der Waals surface area contributed by atoms with Gasteiger partial charge in [0.25, 0.3) is 0 Å². The zero-order valence-corrected chi connectivity index (χ0v) is 9.97. The lowest BCUT2D eigenvalue weighted by atomic mass is 9.96. The maximum atomic E-state index is 6.12. The quantitative estimate of drug-likeness (QED) is 0.837. The van der Waals surface area contributed by atoms with Crippen molar-refractivity contribution in [2.45, 2.75) is 33.2 Å². The highest BCUT2D eigenvalue weighted by molar-refractivity contribution is 6.30. The first-order chi connectivity index (χ1) is 6.43. The van der Waals surface area contributed by atoms with E-state index in [9.17, 15) is 0 Å². The Morgan fingerprint density at radius 3 is 2.43 bits per heavy atom. The van der Waals surface area contributed by atoms with Gasteiger partial charge in [0.05, 0.1) is 5.69 Å². The molecule has 2 atom stereocenters. The second-order valence-electron chi connectivity index (χ2n) is 4.02. The molecular formula is C10H18ClN3. The Labute approximate surface area is 90.2 Å². The van der Waals surface area contributed by atoms with Crippen molar-refractivity contribution in [3.8, 4) is 0 Å². The van der Waals surface area contributed by atoms with Crippen LogP contribution in [0.25, 0.3) is 0 Å². The number of nitrogens with two attached hydrogens (primary N) is 1. The average molecular weight is 216 g/mol. The average Bonchev–Trinajstić information content (AvgIpc) is 2.32. The molecule has 4 heteroatoms. The van der Waals surface area contributed by atoms with Gasteiger partial charge in [0.1, 0.15) is 5.15 Å².